The van der Waals surface area contributed by atoms with Crippen molar-refractivity contribution in [3.63, 3.8) is 0 Å². The standard InChI is InChI=1S/C18H18ClN3O2/c1-4-22-17-14(10-20-22)16(12-6-8-13(19)9-7-12)15(11(3)21-17)18(23)24-5-2/h6-10H,4-5H2,1-3H3. The van der Waals surface area contributed by atoms with Crippen LogP contribution in [0.4, 0.5) is 0 Å². The first-order valence-corrected chi connectivity index (χ1v) is 8.23. The topological polar surface area (TPSA) is 57.0 Å². The highest BCUT2D eigenvalue weighted by molar-refractivity contribution is 6.30. The third-order valence-electron chi connectivity index (χ3n) is 3.88. The summed E-state index contributed by atoms with van der Waals surface area (Å²) in [5.74, 6) is -0.376. The SMILES string of the molecule is CCOC(=O)c1c(C)nc2c(cnn2CC)c1-c1ccc(Cl)cc1. The van der Waals surface area contributed by atoms with Crippen LogP contribution in [0.2, 0.25) is 5.02 Å². The van der Waals surface area contributed by atoms with Crippen molar-refractivity contribution in [3.8, 4) is 11.1 Å². The summed E-state index contributed by atoms with van der Waals surface area (Å²) >= 11 is 6.01. The third-order valence-corrected chi connectivity index (χ3v) is 4.13. The van der Waals surface area contributed by atoms with Gasteiger partial charge in [-0.1, -0.05) is 23.7 Å². The Morgan fingerprint density at radius 2 is 1.96 bits per heavy atom. The molecule has 0 saturated heterocycles. The van der Waals surface area contributed by atoms with Gasteiger partial charge in [0.2, 0.25) is 0 Å². The molecule has 0 bridgehead atoms. The second-order valence-corrected chi connectivity index (χ2v) is 5.81. The molecular weight excluding hydrogens is 326 g/mol. The predicted octanol–water partition coefficient (Wildman–Crippen LogP) is 4.26. The van der Waals surface area contributed by atoms with Crippen molar-refractivity contribution >= 4 is 28.6 Å². The number of hydrogen-bond donors (Lipinski definition) is 0. The lowest BCUT2D eigenvalue weighted by atomic mass is 9.96. The number of fused-ring (bicyclic) bond motifs is 1. The monoisotopic (exact) mass is 343 g/mol. The van der Waals surface area contributed by atoms with E-state index in [-0.39, 0.29) is 5.97 Å². The Labute approximate surface area is 145 Å². The highest BCUT2D eigenvalue weighted by Crippen LogP contribution is 2.34. The van der Waals surface area contributed by atoms with Crippen LogP contribution in [-0.2, 0) is 11.3 Å². The zero-order valence-electron chi connectivity index (χ0n) is 13.8. The average Bonchev–Trinajstić information content (AvgIpc) is 2.97. The molecule has 6 heteroatoms. The fourth-order valence-corrected chi connectivity index (χ4v) is 2.93. The van der Waals surface area contributed by atoms with Gasteiger partial charge in [-0.25, -0.2) is 14.5 Å². The van der Waals surface area contributed by atoms with Crippen LogP contribution in [0.3, 0.4) is 0 Å². The minimum Gasteiger partial charge on any atom is -0.462 e. The first-order chi connectivity index (χ1) is 11.6. The lowest BCUT2D eigenvalue weighted by Crippen LogP contribution is -2.11. The fraction of sp³-hybridized carbons (Fsp3) is 0.278. The van der Waals surface area contributed by atoms with Crippen molar-refractivity contribution in [3.05, 3.63) is 46.7 Å². The maximum absolute atomic E-state index is 12.5. The zero-order chi connectivity index (χ0) is 17.3. The van der Waals surface area contributed by atoms with E-state index in [1.54, 1.807) is 25.3 Å². The highest BCUT2D eigenvalue weighted by atomic mass is 35.5. The van der Waals surface area contributed by atoms with Crippen LogP contribution in [0.5, 0.6) is 0 Å². The van der Waals surface area contributed by atoms with Gasteiger partial charge in [0.05, 0.1) is 24.1 Å². The Balaban J connectivity index is 2.36. The van der Waals surface area contributed by atoms with Crippen LogP contribution >= 0.6 is 11.6 Å². The number of nitrogens with zero attached hydrogens (tertiary/aromatic N) is 3. The summed E-state index contributed by atoms with van der Waals surface area (Å²) in [4.78, 5) is 17.1. The van der Waals surface area contributed by atoms with E-state index >= 15 is 0 Å². The Morgan fingerprint density at radius 3 is 2.58 bits per heavy atom. The predicted molar refractivity (Wildman–Crippen MR) is 94.3 cm³/mol. The lowest BCUT2D eigenvalue weighted by molar-refractivity contribution is 0.0526. The van der Waals surface area contributed by atoms with Gasteiger partial charge in [-0.15, -0.1) is 0 Å². The molecule has 5 nitrogen and oxygen atoms in total. The summed E-state index contributed by atoms with van der Waals surface area (Å²) in [6.45, 7) is 6.62. The van der Waals surface area contributed by atoms with E-state index in [4.69, 9.17) is 16.3 Å². The fourth-order valence-electron chi connectivity index (χ4n) is 2.80. The number of halogens is 1. The smallest absolute Gasteiger partial charge is 0.340 e. The quantitative estimate of drug-likeness (QED) is 0.664. The molecule has 24 heavy (non-hydrogen) atoms. The van der Waals surface area contributed by atoms with Crippen LogP contribution in [0.1, 0.15) is 29.9 Å². The zero-order valence-corrected chi connectivity index (χ0v) is 14.6. The van der Waals surface area contributed by atoms with Crippen molar-refractivity contribution < 1.29 is 9.53 Å². The van der Waals surface area contributed by atoms with E-state index in [2.05, 4.69) is 10.1 Å². The van der Waals surface area contributed by atoms with Crippen LogP contribution in [0, 0.1) is 6.92 Å². The van der Waals surface area contributed by atoms with Gasteiger partial charge < -0.3 is 4.74 Å². The number of esters is 1. The molecule has 0 radical (unpaired) electrons. The number of carbonyl (C=O) groups is 1. The van der Waals surface area contributed by atoms with Gasteiger partial charge in [0.1, 0.15) is 0 Å². The first-order valence-electron chi connectivity index (χ1n) is 7.86. The highest BCUT2D eigenvalue weighted by Gasteiger charge is 2.23. The summed E-state index contributed by atoms with van der Waals surface area (Å²) in [5.41, 5.74) is 3.53. The number of aromatic nitrogens is 3. The molecule has 0 aliphatic heterocycles. The van der Waals surface area contributed by atoms with Gasteiger partial charge in [0, 0.05) is 22.5 Å². The molecule has 0 fully saturated rings. The number of benzene rings is 1. The maximum atomic E-state index is 12.5. The third kappa shape index (κ3) is 2.76. The minimum absolute atomic E-state index is 0.310. The minimum atomic E-state index is -0.376. The lowest BCUT2D eigenvalue weighted by Gasteiger charge is -2.13. The number of rotatable bonds is 4. The molecule has 0 N–H and O–H groups in total. The molecule has 2 aromatic heterocycles. The van der Waals surface area contributed by atoms with Crippen LogP contribution in [0.25, 0.3) is 22.2 Å². The van der Waals surface area contributed by atoms with E-state index in [1.807, 2.05) is 30.7 Å². The van der Waals surface area contributed by atoms with Crippen LogP contribution in [-0.4, -0.2) is 27.3 Å². The Morgan fingerprint density at radius 1 is 1.25 bits per heavy atom. The van der Waals surface area contributed by atoms with Crippen molar-refractivity contribution in [1.82, 2.24) is 14.8 Å². The van der Waals surface area contributed by atoms with Crippen LogP contribution in [0.15, 0.2) is 30.5 Å². The van der Waals surface area contributed by atoms with E-state index in [9.17, 15) is 4.79 Å². The molecule has 124 valence electrons. The maximum Gasteiger partial charge on any atom is 0.340 e. The van der Waals surface area contributed by atoms with Gasteiger partial charge >= 0.3 is 5.97 Å². The van der Waals surface area contributed by atoms with Crippen molar-refractivity contribution in [2.24, 2.45) is 0 Å². The summed E-state index contributed by atoms with van der Waals surface area (Å²) < 4.78 is 7.06. The molecule has 0 saturated carbocycles. The first kappa shape index (κ1) is 16.5. The van der Waals surface area contributed by atoms with E-state index in [0.29, 0.717) is 29.4 Å². The average molecular weight is 344 g/mol. The summed E-state index contributed by atoms with van der Waals surface area (Å²) in [7, 11) is 0. The molecule has 2 heterocycles. The second-order valence-electron chi connectivity index (χ2n) is 5.37. The molecule has 0 atom stereocenters. The second kappa shape index (κ2) is 6.61. The van der Waals surface area contributed by atoms with Crippen LogP contribution < -0.4 is 0 Å². The molecule has 0 spiro atoms. The summed E-state index contributed by atoms with van der Waals surface area (Å²) in [5, 5.41) is 5.85. The molecule has 0 amide bonds. The van der Waals surface area contributed by atoms with Gasteiger partial charge in [0.25, 0.3) is 0 Å². The molecular formula is C18H18ClN3O2. The van der Waals surface area contributed by atoms with E-state index < -0.39 is 0 Å². The Bertz CT molecular complexity index is 901. The largest absolute Gasteiger partial charge is 0.462 e. The molecule has 3 rings (SSSR count). The van der Waals surface area contributed by atoms with Gasteiger partial charge in [-0.3, -0.25) is 0 Å². The molecule has 0 aliphatic carbocycles. The van der Waals surface area contributed by atoms with Crippen molar-refractivity contribution in [2.75, 3.05) is 6.61 Å². The molecule has 0 unspecified atom stereocenters. The molecule has 1 aromatic carbocycles. The number of carbonyl (C=O) groups excluding carboxylic acids is 1. The van der Waals surface area contributed by atoms with Gasteiger partial charge in [0.15, 0.2) is 5.65 Å². The van der Waals surface area contributed by atoms with Crippen molar-refractivity contribution in [1.29, 1.82) is 0 Å². The molecule has 0 aliphatic rings. The number of ether oxygens (including phenoxy) is 1. The van der Waals surface area contributed by atoms with Crippen molar-refractivity contribution in [2.45, 2.75) is 27.3 Å². The van der Waals surface area contributed by atoms with Gasteiger partial charge in [-0.2, -0.15) is 5.10 Å². The number of pyridine rings is 1. The van der Waals surface area contributed by atoms with Gasteiger partial charge in [-0.05, 0) is 38.5 Å². The number of hydrogen-bond acceptors (Lipinski definition) is 4. The Hall–Kier alpha value is -2.40. The summed E-state index contributed by atoms with van der Waals surface area (Å²) in [6, 6.07) is 7.39. The summed E-state index contributed by atoms with van der Waals surface area (Å²) in [6.07, 6.45) is 1.75. The number of aryl methyl sites for hydroxylation is 2. The Kier molecular flexibility index (Phi) is 4.53. The van der Waals surface area contributed by atoms with E-state index in [0.717, 1.165) is 22.2 Å². The molecule has 3 aromatic rings. The van der Waals surface area contributed by atoms with E-state index in [1.165, 1.54) is 0 Å². The normalized spacial score (nSPS) is 11.0.